The second-order valence-electron chi connectivity index (χ2n) is 5.40. The van der Waals surface area contributed by atoms with E-state index in [4.69, 9.17) is 10.5 Å². The third kappa shape index (κ3) is 3.96. The third-order valence-electron chi connectivity index (χ3n) is 3.75. The SMILES string of the molecule is NC1(C(=O)NCCCOC2CCCCC2)CC1. The zero-order valence-corrected chi connectivity index (χ0v) is 10.5. The molecule has 0 unspecified atom stereocenters. The Kier molecular flexibility index (Phi) is 4.40. The number of hydrogen-bond acceptors (Lipinski definition) is 3. The van der Waals surface area contributed by atoms with Gasteiger partial charge in [0.25, 0.3) is 0 Å². The van der Waals surface area contributed by atoms with Gasteiger partial charge in [0.05, 0.1) is 11.6 Å². The van der Waals surface area contributed by atoms with Gasteiger partial charge in [-0.05, 0) is 32.1 Å². The maximum atomic E-state index is 11.5. The summed E-state index contributed by atoms with van der Waals surface area (Å²) >= 11 is 0. The van der Waals surface area contributed by atoms with Crippen molar-refractivity contribution in [2.45, 2.75) is 63.0 Å². The topological polar surface area (TPSA) is 64.4 Å². The summed E-state index contributed by atoms with van der Waals surface area (Å²) < 4.78 is 5.78. The zero-order chi connectivity index (χ0) is 12.1. The molecule has 0 spiro atoms. The summed E-state index contributed by atoms with van der Waals surface area (Å²) in [5.74, 6) is 0.00941. The first-order valence-electron chi connectivity index (χ1n) is 6.89. The largest absolute Gasteiger partial charge is 0.378 e. The number of amides is 1. The summed E-state index contributed by atoms with van der Waals surface area (Å²) in [6.45, 7) is 1.44. The second kappa shape index (κ2) is 5.83. The van der Waals surface area contributed by atoms with Crippen LogP contribution in [0.1, 0.15) is 51.4 Å². The van der Waals surface area contributed by atoms with Crippen LogP contribution in [0, 0.1) is 0 Å². The van der Waals surface area contributed by atoms with E-state index in [1.807, 2.05) is 0 Å². The van der Waals surface area contributed by atoms with E-state index >= 15 is 0 Å². The summed E-state index contributed by atoms with van der Waals surface area (Å²) in [5, 5.41) is 2.88. The lowest BCUT2D eigenvalue weighted by molar-refractivity contribution is -0.123. The molecule has 4 heteroatoms. The number of hydrogen-bond donors (Lipinski definition) is 2. The van der Waals surface area contributed by atoms with Crippen molar-refractivity contribution < 1.29 is 9.53 Å². The molecule has 0 radical (unpaired) electrons. The van der Waals surface area contributed by atoms with Crippen molar-refractivity contribution in [1.29, 1.82) is 0 Å². The number of rotatable bonds is 6. The maximum absolute atomic E-state index is 11.5. The Morgan fingerprint density at radius 1 is 1.29 bits per heavy atom. The Labute approximate surface area is 103 Å². The molecule has 2 saturated carbocycles. The van der Waals surface area contributed by atoms with Crippen molar-refractivity contribution >= 4 is 5.91 Å². The van der Waals surface area contributed by atoms with Crippen LogP contribution in [0.25, 0.3) is 0 Å². The number of carbonyl (C=O) groups excluding carboxylic acids is 1. The van der Waals surface area contributed by atoms with Crippen LogP contribution in [0.2, 0.25) is 0 Å². The van der Waals surface area contributed by atoms with Crippen molar-refractivity contribution in [1.82, 2.24) is 5.32 Å². The first-order valence-corrected chi connectivity index (χ1v) is 6.89. The molecule has 0 atom stereocenters. The summed E-state index contributed by atoms with van der Waals surface area (Å²) in [6, 6.07) is 0. The van der Waals surface area contributed by atoms with Crippen molar-refractivity contribution in [3.63, 3.8) is 0 Å². The molecule has 2 rings (SSSR count). The number of nitrogens with two attached hydrogens (primary N) is 1. The Morgan fingerprint density at radius 2 is 2.00 bits per heavy atom. The first kappa shape index (κ1) is 12.8. The van der Waals surface area contributed by atoms with Crippen LogP contribution in [-0.4, -0.2) is 30.7 Å². The number of ether oxygens (including phenoxy) is 1. The van der Waals surface area contributed by atoms with Crippen molar-refractivity contribution in [2.24, 2.45) is 5.73 Å². The molecule has 0 saturated heterocycles. The minimum atomic E-state index is -0.537. The molecule has 0 aromatic heterocycles. The molecular formula is C13H24N2O2. The molecule has 2 aliphatic carbocycles. The highest BCUT2D eigenvalue weighted by Crippen LogP contribution is 2.31. The van der Waals surface area contributed by atoms with Crippen LogP contribution in [-0.2, 0) is 9.53 Å². The molecule has 4 nitrogen and oxygen atoms in total. The van der Waals surface area contributed by atoms with Gasteiger partial charge in [-0.15, -0.1) is 0 Å². The maximum Gasteiger partial charge on any atom is 0.240 e. The van der Waals surface area contributed by atoms with Gasteiger partial charge in [-0.2, -0.15) is 0 Å². The van der Waals surface area contributed by atoms with Gasteiger partial charge in [0.1, 0.15) is 0 Å². The molecule has 0 aromatic rings. The van der Waals surface area contributed by atoms with Crippen LogP contribution < -0.4 is 11.1 Å². The highest BCUT2D eigenvalue weighted by Gasteiger charge is 2.45. The predicted molar refractivity (Wildman–Crippen MR) is 66.6 cm³/mol. The standard InChI is InChI=1S/C13H24N2O2/c14-13(7-8-13)12(16)15-9-4-10-17-11-5-2-1-3-6-11/h11H,1-10,14H2,(H,15,16). The normalized spacial score (nSPS) is 23.4. The second-order valence-corrected chi connectivity index (χ2v) is 5.40. The predicted octanol–water partition coefficient (Wildman–Crippen LogP) is 1.33. The Morgan fingerprint density at radius 3 is 2.65 bits per heavy atom. The summed E-state index contributed by atoms with van der Waals surface area (Å²) in [4.78, 5) is 11.5. The molecule has 17 heavy (non-hydrogen) atoms. The molecule has 3 N–H and O–H groups in total. The molecule has 0 heterocycles. The van der Waals surface area contributed by atoms with E-state index in [1.54, 1.807) is 0 Å². The summed E-state index contributed by atoms with van der Waals surface area (Å²) in [5.41, 5.74) is 5.24. The zero-order valence-electron chi connectivity index (χ0n) is 10.5. The number of carbonyl (C=O) groups is 1. The highest BCUT2D eigenvalue weighted by molar-refractivity contribution is 5.88. The summed E-state index contributed by atoms with van der Waals surface area (Å²) in [6.07, 6.45) is 9.38. The lowest BCUT2D eigenvalue weighted by Gasteiger charge is -2.22. The van der Waals surface area contributed by atoms with E-state index in [1.165, 1.54) is 32.1 Å². The first-order chi connectivity index (χ1) is 8.21. The van der Waals surface area contributed by atoms with Gasteiger partial charge < -0.3 is 15.8 Å². The number of nitrogens with one attached hydrogen (secondary N) is 1. The monoisotopic (exact) mass is 240 g/mol. The van der Waals surface area contributed by atoms with Gasteiger partial charge in [0, 0.05) is 13.2 Å². The average molecular weight is 240 g/mol. The van der Waals surface area contributed by atoms with Gasteiger partial charge in [-0.25, -0.2) is 0 Å². The van der Waals surface area contributed by atoms with Gasteiger partial charge in [0.2, 0.25) is 5.91 Å². The Balaban J connectivity index is 1.47. The third-order valence-corrected chi connectivity index (χ3v) is 3.75. The van der Waals surface area contributed by atoms with E-state index in [-0.39, 0.29) is 5.91 Å². The van der Waals surface area contributed by atoms with Gasteiger partial charge in [-0.3, -0.25) is 4.79 Å². The molecule has 2 fully saturated rings. The van der Waals surface area contributed by atoms with Crippen molar-refractivity contribution in [3.05, 3.63) is 0 Å². The lowest BCUT2D eigenvalue weighted by Crippen LogP contribution is -2.43. The average Bonchev–Trinajstić information content (AvgIpc) is 3.09. The fourth-order valence-corrected chi connectivity index (χ4v) is 2.29. The molecular weight excluding hydrogens is 216 g/mol. The van der Waals surface area contributed by atoms with Crippen LogP contribution in [0.4, 0.5) is 0 Å². The van der Waals surface area contributed by atoms with Crippen LogP contribution >= 0.6 is 0 Å². The van der Waals surface area contributed by atoms with E-state index in [2.05, 4.69) is 5.32 Å². The Hall–Kier alpha value is -0.610. The van der Waals surface area contributed by atoms with Crippen LogP contribution in [0.3, 0.4) is 0 Å². The molecule has 2 aliphatic rings. The van der Waals surface area contributed by atoms with E-state index in [0.717, 1.165) is 25.9 Å². The van der Waals surface area contributed by atoms with E-state index in [0.29, 0.717) is 12.6 Å². The minimum Gasteiger partial charge on any atom is -0.378 e. The molecule has 98 valence electrons. The fraction of sp³-hybridized carbons (Fsp3) is 0.923. The molecule has 1 amide bonds. The summed E-state index contributed by atoms with van der Waals surface area (Å²) in [7, 11) is 0. The smallest absolute Gasteiger partial charge is 0.240 e. The molecule has 0 aromatic carbocycles. The quantitative estimate of drug-likeness (QED) is 0.688. The van der Waals surface area contributed by atoms with Crippen molar-refractivity contribution in [3.8, 4) is 0 Å². The Bertz CT molecular complexity index is 258. The molecule has 0 bridgehead atoms. The van der Waals surface area contributed by atoms with Gasteiger partial charge in [-0.1, -0.05) is 19.3 Å². The lowest BCUT2D eigenvalue weighted by atomic mass is 9.98. The highest BCUT2D eigenvalue weighted by atomic mass is 16.5. The fourth-order valence-electron chi connectivity index (χ4n) is 2.29. The molecule has 0 aliphatic heterocycles. The van der Waals surface area contributed by atoms with Crippen LogP contribution in [0.5, 0.6) is 0 Å². The van der Waals surface area contributed by atoms with E-state index < -0.39 is 5.54 Å². The van der Waals surface area contributed by atoms with Gasteiger partial charge >= 0.3 is 0 Å². The van der Waals surface area contributed by atoms with Crippen molar-refractivity contribution in [2.75, 3.05) is 13.2 Å². The van der Waals surface area contributed by atoms with Gasteiger partial charge in [0.15, 0.2) is 0 Å². The van der Waals surface area contributed by atoms with E-state index in [9.17, 15) is 4.79 Å². The minimum absolute atomic E-state index is 0.00941. The van der Waals surface area contributed by atoms with Crippen LogP contribution in [0.15, 0.2) is 0 Å².